The van der Waals surface area contributed by atoms with E-state index in [1.165, 1.54) is 16.7 Å². The third-order valence-electron chi connectivity index (χ3n) is 1.95. The Labute approximate surface area is 101 Å². The first-order chi connectivity index (χ1) is 8.15. The lowest BCUT2D eigenvalue weighted by atomic mass is 10.4. The van der Waals surface area contributed by atoms with Crippen molar-refractivity contribution in [1.82, 2.24) is 15.0 Å². The molecule has 2 aromatic heterocycles. The van der Waals surface area contributed by atoms with Crippen LogP contribution >= 0.6 is 11.3 Å². The van der Waals surface area contributed by atoms with E-state index in [-0.39, 0.29) is 5.69 Å². The lowest BCUT2D eigenvalue weighted by Crippen LogP contribution is -2.04. The number of anilines is 1. The third kappa shape index (κ3) is 2.97. The Hall–Kier alpha value is -2.02. The second-order valence-electron chi connectivity index (χ2n) is 3.37. The number of aromatic carboxylic acids is 1. The average molecular weight is 250 g/mol. The van der Waals surface area contributed by atoms with Crippen LogP contribution in [0.4, 0.5) is 5.95 Å². The van der Waals surface area contributed by atoms with Gasteiger partial charge >= 0.3 is 5.97 Å². The number of hydrogen-bond donors (Lipinski definition) is 2. The minimum absolute atomic E-state index is 0.0663. The summed E-state index contributed by atoms with van der Waals surface area (Å²) in [4.78, 5) is 22.7. The molecule has 0 aliphatic carbocycles. The monoisotopic (exact) mass is 250 g/mol. The van der Waals surface area contributed by atoms with Crippen LogP contribution < -0.4 is 5.32 Å². The number of nitrogens with zero attached hydrogens (tertiary/aromatic N) is 3. The molecule has 0 aliphatic rings. The topological polar surface area (TPSA) is 88.0 Å². The smallest absolute Gasteiger partial charge is 0.355 e. The first-order valence-corrected chi connectivity index (χ1v) is 5.73. The van der Waals surface area contributed by atoms with E-state index in [9.17, 15) is 4.79 Å². The van der Waals surface area contributed by atoms with E-state index >= 15 is 0 Å². The number of aromatic nitrogens is 3. The molecule has 0 bridgehead atoms. The summed E-state index contributed by atoms with van der Waals surface area (Å²) in [5.41, 5.74) is 1.05. The molecule has 0 unspecified atom stereocenters. The van der Waals surface area contributed by atoms with Gasteiger partial charge in [0.25, 0.3) is 0 Å². The molecule has 0 saturated carbocycles. The second-order valence-corrected chi connectivity index (χ2v) is 4.31. The zero-order valence-corrected chi connectivity index (χ0v) is 9.86. The highest BCUT2D eigenvalue weighted by Gasteiger charge is 2.08. The SMILES string of the molecule is Cc1cnc(NCc2nc(C(=O)O)cs2)nc1. The van der Waals surface area contributed by atoms with Gasteiger partial charge in [0.1, 0.15) is 5.01 Å². The summed E-state index contributed by atoms with van der Waals surface area (Å²) in [6.07, 6.45) is 3.42. The van der Waals surface area contributed by atoms with Gasteiger partial charge in [-0.1, -0.05) is 0 Å². The number of carboxylic acids is 1. The highest BCUT2D eigenvalue weighted by molar-refractivity contribution is 7.09. The van der Waals surface area contributed by atoms with Gasteiger partial charge in [-0.05, 0) is 12.5 Å². The maximum absolute atomic E-state index is 10.6. The number of aryl methyl sites for hydroxylation is 1. The van der Waals surface area contributed by atoms with Crippen molar-refractivity contribution in [3.63, 3.8) is 0 Å². The molecule has 2 rings (SSSR count). The zero-order chi connectivity index (χ0) is 12.3. The maximum Gasteiger partial charge on any atom is 0.355 e. The minimum Gasteiger partial charge on any atom is -0.476 e. The van der Waals surface area contributed by atoms with Crippen molar-refractivity contribution in [1.29, 1.82) is 0 Å². The van der Waals surface area contributed by atoms with Gasteiger partial charge in [0, 0.05) is 17.8 Å². The Morgan fingerprint density at radius 1 is 1.47 bits per heavy atom. The van der Waals surface area contributed by atoms with Crippen molar-refractivity contribution in [2.75, 3.05) is 5.32 Å². The molecule has 0 saturated heterocycles. The maximum atomic E-state index is 10.6. The molecule has 2 heterocycles. The predicted octanol–water partition coefficient (Wildman–Crippen LogP) is 1.55. The summed E-state index contributed by atoms with van der Waals surface area (Å²) in [7, 11) is 0. The van der Waals surface area contributed by atoms with Crippen LogP contribution in [0.2, 0.25) is 0 Å². The lowest BCUT2D eigenvalue weighted by Gasteiger charge is -2.01. The van der Waals surface area contributed by atoms with E-state index in [2.05, 4.69) is 20.3 Å². The quantitative estimate of drug-likeness (QED) is 0.856. The van der Waals surface area contributed by atoms with Crippen LogP contribution in [0.25, 0.3) is 0 Å². The van der Waals surface area contributed by atoms with E-state index in [0.717, 1.165) is 5.56 Å². The van der Waals surface area contributed by atoms with Gasteiger partial charge < -0.3 is 10.4 Å². The number of thiazole rings is 1. The Morgan fingerprint density at radius 3 is 2.76 bits per heavy atom. The lowest BCUT2D eigenvalue weighted by molar-refractivity contribution is 0.0691. The van der Waals surface area contributed by atoms with Gasteiger partial charge in [-0.25, -0.2) is 19.7 Å². The van der Waals surface area contributed by atoms with Crippen molar-refractivity contribution in [3.05, 3.63) is 34.0 Å². The van der Waals surface area contributed by atoms with E-state index in [4.69, 9.17) is 5.11 Å². The highest BCUT2D eigenvalue weighted by atomic mass is 32.1. The molecule has 0 aromatic carbocycles. The van der Waals surface area contributed by atoms with E-state index in [1.54, 1.807) is 12.4 Å². The van der Waals surface area contributed by atoms with Gasteiger partial charge in [0.15, 0.2) is 5.69 Å². The fraction of sp³-hybridized carbons (Fsp3) is 0.200. The van der Waals surface area contributed by atoms with Gasteiger partial charge in [-0.3, -0.25) is 0 Å². The van der Waals surface area contributed by atoms with Crippen molar-refractivity contribution >= 4 is 23.3 Å². The van der Waals surface area contributed by atoms with Crippen LogP contribution in [0.15, 0.2) is 17.8 Å². The molecule has 0 spiro atoms. The van der Waals surface area contributed by atoms with Crippen molar-refractivity contribution in [2.24, 2.45) is 0 Å². The number of carbonyl (C=O) groups is 1. The minimum atomic E-state index is -1.01. The second kappa shape index (κ2) is 4.88. The third-order valence-corrected chi connectivity index (χ3v) is 2.80. The highest BCUT2D eigenvalue weighted by Crippen LogP contribution is 2.11. The first-order valence-electron chi connectivity index (χ1n) is 4.85. The Balaban J connectivity index is 1.97. The first kappa shape index (κ1) is 11.5. The van der Waals surface area contributed by atoms with Gasteiger partial charge in [-0.2, -0.15) is 0 Å². The molecule has 0 radical (unpaired) electrons. The fourth-order valence-corrected chi connectivity index (χ4v) is 1.84. The van der Waals surface area contributed by atoms with Crippen LogP contribution in [0, 0.1) is 6.92 Å². The molecule has 2 aromatic rings. The van der Waals surface area contributed by atoms with Crippen molar-refractivity contribution in [2.45, 2.75) is 13.5 Å². The largest absolute Gasteiger partial charge is 0.476 e. The standard InChI is InChI=1S/C10H10N4O2S/c1-6-2-11-10(12-3-6)13-4-8-14-7(5-17-8)9(15)16/h2-3,5H,4H2,1H3,(H,15,16)(H,11,12,13). The molecule has 88 valence electrons. The molecule has 0 fully saturated rings. The van der Waals surface area contributed by atoms with E-state index in [1.807, 2.05) is 6.92 Å². The Morgan fingerprint density at radius 2 is 2.18 bits per heavy atom. The molecular weight excluding hydrogens is 240 g/mol. The number of nitrogens with one attached hydrogen (secondary N) is 1. The van der Waals surface area contributed by atoms with E-state index < -0.39 is 5.97 Å². The summed E-state index contributed by atoms with van der Waals surface area (Å²) in [5.74, 6) is -0.512. The number of hydrogen-bond acceptors (Lipinski definition) is 6. The molecule has 7 heteroatoms. The fourth-order valence-electron chi connectivity index (χ4n) is 1.13. The number of rotatable bonds is 4. The molecule has 2 N–H and O–H groups in total. The summed E-state index contributed by atoms with van der Waals surface area (Å²) in [6.45, 7) is 2.32. The van der Waals surface area contributed by atoms with Crippen molar-refractivity contribution in [3.8, 4) is 0 Å². The van der Waals surface area contributed by atoms with Crippen LogP contribution in [0.1, 0.15) is 21.1 Å². The van der Waals surface area contributed by atoms with Crippen LogP contribution in [-0.2, 0) is 6.54 Å². The predicted molar refractivity (Wildman–Crippen MR) is 63.2 cm³/mol. The van der Waals surface area contributed by atoms with E-state index in [0.29, 0.717) is 17.5 Å². The summed E-state index contributed by atoms with van der Waals surface area (Å²) >= 11 is 1.29. The van der Waals surface area contributed by atoms with Gasteiger partial charge in [-0.15, -0.1) is 11.3 Å². The molecule has 17 heavy (non-hydrogen) atoms. The van der Waals surface area contributed by atoms with Gasteiger partial charge in [0.2, 0.25) is 5.95 Å². The summed E-state index contributed by atoms with van der Waals surface area (Å²) in [5, 5.41) is 13.9. The average Bonchev–Trinajstić information content (AvgIpc) is 2.77. The molecule has 0 aliphatic heterocycles. The van der Waals surface area contributed by atoms with Crippen LogP contribution in [-0.4, -0.2) is 26.0 Å². The van der Waals surface area contributed by atoms with Crippen molar-refractivity contribution < 1.29 is 9.90 Å². The summed E-state index contributed by atoms with van der Waals surface area (Å²) < 4.78 is 0. The molecular formula is C10H10N4O2S. The van der Waals surface area contributed by atoms with Crippen LogP contribution in [0.5, 0.6) is 0 Å². The normalized spacial score (nSPS) is 10.2. The summed E-state index contributed by atoms with van der Waals surface area (Å²) in [6, 6.07) is 0. The Bertz CT molecular complexity index is 523. The van der Waals surface area contributed by atoms with Crippen LogP contribution in [0.3, 0.4) is 0 Å². The van der Waals surface area contributed by atoms with Gasteiger partial charge in [0.05, 0.1) is 6.54 Å². The zero-order valence-electron chi connectivity index (χ0n) is 9.04. The molecule has 0 atom stereocenters. The number of carboxylic acid groups (broad SMARTS) is 1. The molecule has 6 nitrogen and oxygen atoms in total. The Kier molecular flexibility index (Phi) is 3.29. The molecule has 0 amide bonds.